The highest BCUT2D eigenvalue weighted by Crippen LogP contribution is 2.31. The molecule has 3 rings (SSSR count). The van der Waals surface area contributed by atoms with Crippen molar-refractivity contribution in [1.82, 2.24) is 10.2 Å². The molecule has 4 atom stereocenters. The van der Waals surface area contributed by atoms with Gasteiger partial charge in [-0.2, -0.15) is 0 Å². The van der Waals surface area contributed by atoms with Gasteiger partial charge in [0.05, 0.1) is 0 Å². The lowest BCUT2D eigenvalue weighted by atomic mass is 9.78. The number of hydrogen-bond donors (Lipinski definition) is 1. The summed E-state index contributed by atoms with van der Waals surface area (Å²) in [6, 6.07) is 14.8. The first-order valence-electron chi connectivity index (χ1n) is 11.4. The third-order valence-electron chi connectivity index (χ3n) is 6.70. The fourth-order valence-electron chi connectivity index (χ4n) is 4.53. The normalized spacial score (nSPS) is 21.6. The summed E-state index contributed by atoms with van der Waals surface area (Å²) < 4.78 is 13.6. The van der Waals surface area contributed by atoms with Crippen molar-refractivity contribution in [3.63, 3.8) is 0 Å². The summed E-state index contributed by atoms with van der Waals surface area (Å²) in [5, 5.41) is 3.20. The van der Waals surface area contributed by atoms with E-state index in [4.69, 9.17) is 11.6 Å². The van der Waals surface area contributed by atoms with Gasteiger partial charge in [0.2, 0.25) is 11.8 Å². The number of nitrogens with zero attached hydrogens (tertiary/aromatic N) is 1. The van der Waals surface area contributed by atoms with Gasteiger partial charge in [-0.25, -0.2) is 4.39 Å². The zero-order valence-electron chi connectivity index (χ0n) is 18.8. The third-order valence-corrected chi connectivity index (χ3v) is 6.93. The molecule has 0 saturated heterocycles. The van der Waals surface area contributed by atoms with Crippen molar-refractivity contribution in [3.8, 4) is 0 Å². The number of halogens is 2. The summed E-state index contributed by atoms with van der Waals surface area (Å²) in [5.74, 6) is -0.301. The minimum Gasteiger partial charge on any atom is -0.351 e. The van der Waals surface area contributed by atoms with Crippen molar-refractivity contribution < 1.29 is 14.0 Å². The summed E-state index contributed by atoms with van der Waals surface area (Å²) in [6.07, 6.45) is 3.73. The number of alkyl halides is 1. The van der Waals surface area contributed by atoms with Crippen LogP contribution in [0.1, 0.15) is 50.3 Å². The second kappa shape index (κ2) is 11.5. The molecule has 2 aromatic rings. The van der Waals surface area contributed by atoms with Gasteiger partial charge in [-0.15, -0.1) is 11.6 Å². The molecule has 0 heterocycles. The lowest BCUT2D eigenvalue weighted by molar-refractivity contribution is -0.139. The topological polar surface area (TPSA) is 49.4 Å². The molecule has 2 aromatic carbocycles. The Labute approximate surface area is 195 Å². The number of nitrogens with one attached hydrogen (secondary N) is 1. The highest BCUT2D eigenvalue weighted by molar-refractivity contribution is 6.27. The molecule has 6 heteroatoms. The standard InChI is InChI=1S/C26H32ClFN2O2/c1-18-7-6-10-23(19(18)2)29-26(32)25(21-11-13-22(28)14-12-21)30(24(31)17-27)16-15-20-8-4-3-5-9-20/h3-5,8-9,11-14,18-19,23,25H,6-7,10,15-17H2,1-2H3,(H,29,32)/t18-,19+,23+,25-/m1/s1. The second-order valence-electron chi connectivity index (χ2n) is 8.79. The Morgan fingerprint density at radius 3 is 2.44 bits per heavy atom. The van der Waals surface area contributed by atoms with Crippen molar-refractivity contribution in [2.75, 3.05) is 12.4 Å². The summed E-state index contributed by atoms with van der Waals surface area (Å²) >= 11 is 5.94. The van der Waals surface area contributed by atoms with Crippen LogP contribution < -0.4 is 5.32 Å². The summed E-state index contributed by atoms with van der Waals surface area (Å²) in [5.41, 5.74) is 1.64. The van der Waals surface area contributed by atoms with Crippen LogP contribution in [0, 0.1) is 17.7 Å². The highest BCUT2D eigenvalue weighted by atomic mass is 35.5. The van der Waals surface area contributed by atoms with Crippen molar-refractivity contribution in [2.45, 2.75) is 51.6 Å². The maximum Gasteiger partial charge on any atom is 0.247 e. The zero-order valence-corrected chi connectivity index (χ0v) is 19.5. The second-order valence-corrected chi connectivity index (χ2v) is 9.06. The molecule has 0 aromatic heterocycles. The Balaban J connectivity index is 1.88. The monoisotopic (exact) mass is 458 g/mol. The van der Waals surface area contributed by atoms with E-state index in [9.17, 15) is 14.0 Å². The van der Waals surface area contributed by atoms with Crippen LogP contribution in [0.2, 0.25) is 0 Å². The van der Waals surface area contributed by atoms with Gasteiger partial charge in [-0.1, -0.05) is 69.2 Å². The molecule has 1 aliphatic carbocycles. The molecule has 172 valence electrons. The van der Waals surface area contributed by atoms with Gasteiger partial charge in [-0.05, 0) is 47.9 Å². The quantitative estimate of drug-likeness (QED) is 0.558. The molecule has 1 N–H and O–H groups in total. The van der Waals surface area contributed by atoms with E-state index in [-0.39, 0.29) is 29.6 Å². The Kier molecular flexibility index (Phi) is 8.68. The summed E-state index contributed by atoms with van der Waals surface area (Å²) in [4.78, 5) is 28.0. The van der Waals surface area contributed by atoms with Crippen LogP contribution in [-0.4, -0.2) is 35.2 Å². The molecule has 0 radical (unpaired) electrons. The Morgan fingerprint density at radius 1 is 1.09 bits per heavy atom. The minimum atomic E-state index is -0.866. The molecule has 32 heavy (non-hydrogen) atoms. The van der Waals surface area contributed by atoms with Crippen LogP contribution in [0.3, 0.4) is 0 Å². The Hall–Kier alpha value is -2.40. The number of rotatable bonds is 8. The van der Waals surface area contributed by atoms with Crippen LogP contribution in [-0.2, 0) is 16.0 Å². The van der Waals surface area contributed by atoms with Gasteiger partial charge in [0.1, 0.15) is 17.7 Å². The summed E-state index contributed by atoms with van der Waals surface area (Å²) in [7, 11) is 0. The first-order valence-corrected chi connectivity index (χ1v) is 11.9. The van der Waals surface area contributed by atoms with Gasteiger partial charge in [0, 0.05) is 12.6 Å². The van der Waals surface area contributed by atoms with Crippen LogP contribution >= 0.6 is 11.6 Å². The molecule has 1 saturated carbocycles. The number of hydrogen-bond acceptors (Lipinski definition) is 2. The number of amides is 2. The molecule has 0 unspecified atom stereocenters. The Morgan fingerprint density at radius 2 is 1.78 bits per heavy atom. The molecular weight excluding hydrogens is 427 g/mol. The lowest BCUT2D eigenvalue weighted by Crippen LogP contribution is -2.50. The maximum absolute atomic E-state index is 13.6. The lowest BCUT2D eigenvalue weighted by Gasteiger charge is -2.37. The van der Waals surface area contributed by atoms with E-state index in [1.807, 2.05) is 30.3 Å². The predicted octanol–water partition coefficient (Wildman–Crippen LogP) is 5.12. The molecule has 4 nitrogen and oxygen atoms in total. The largest absolute Gasteiger partial charge is 0.351 e. The fraction of sp³-hybridized carbons (Fsp3) is 0.462. The van der Waals surface area contributed by atoms with Crippen molar-refractivity contribution in [1.29, 1.82) is 0 Å². The van der Waals surface area contributed by atoms with Gasteiger partial charge in [-0.3, -0.25) is 9.59 Å². The average Bonchev–Trinajstić information content (AvgIpc) is 2.80. The minimum absolute atomic E-state index is 0.0521. The van der Waals surface area contributed by atoms with E-state index in [1.165, 1.54) is 17.0 Å². The van der Waals surface area contributed by atoms with Crippen molar-refractivity contribution >= 4 is 23.4 Å². The van der Waals surface area contributed by atoms with Crippen LogP contribution in [0.25, 0.3) is 0 Å². The van der Waals surface area contributed by atoms with Gasteiger partial charge in [0.25, 0.3) is 0 Å². The van der Waals surface area contributed by atoms with E-state index < -0.39 is 6.04 Å². The first kappa shape index (κ1) is 24.2. The van der Waals surface area contributed by atoms with E-state index in [0.717, 1.165) is 24.8 Å². The SMILES string of the molecule is C[C@H]1[C@H](C)CCC[C@@H]1NC(=O)[C@@H](c1ccc(F)cc1)N(CCc1ccccc1)C(=O)CCl. The third kappa shape index (κ3) is 6.10. The maximum atomic E-state index is 13.6. The molecule has 1 fully saturated rings. The smallest absolute Gasteiger partial charge is 0.247 e. The van der Waals surface area contributed by atoms with E-state index in [2.05, 4.69) is 19.2 Å². The zero-order chi connectivity index (χ0) is 23.1. The van der Waals surface area contributed by atoms with Gasteiger partial charge >= 0.3 is 0 Å². The molecular formula is C26H32ClFN2O2. The van der Waals surface area contributed by atoms with E-state index in [0.29, 0.717) is 30.4 Å². The molecule has 1 aliphatic rings. The highest BCUT2D eigenvalue weighted by Gasteiger charge is 2.35. The van der Waals surface area contributed by atoms with Crippen molar-refractivity contribution in [2.24, 2.45) is 11.8 Å². The van der Waals surface area contributed by atoms with Crippen LogP contribution in [0.15, 0.2) is 54.6 Å². The molecule has 0 bridgehead atoms. The average molecular weight is 459 g/mol. The molecule has 0 spiro atoms. The van der Waals surface area contributed by atoms with Crippen molar-refractivity contribution in [3.05, 3.63) is 71.5 Å². The number of benzene rings is 2. The van der Waals surface area contributed by atoms with Gasteiger partial charge in [0.15, 0.2) is 0 Å². The molecule has 0 aliphatic heterocycles. The first-order chi connectivity index (χ1) is 15.4. The van der Waals surface area contributed by atoms with Crippen LogP contribution in [0.5, 0.6) is 0 Å². The van der Waals surface area contributed by atoms with Gasteiger partial charge < -0.3 is 10.2 Å². The Bertz CT molecular complexity index is 890. The van der Waals surface area contributed by atoms with Crippen LogP contribution in [0.4, 0.5) is 4.39 Å². The summed E-state index contributed by atoms with van der Waals surface area (Å²) in [6.45, 7) is 4.71. The molecule has 2 amide bonds. The van der Waals surface area contributed by atoms with E-state index in [1.54, 1.807) is 12.1 Å². The van der Waals surface area contributed by atoms with E-state index >= 15 is 0 Å². The predicted molar refractivity (Wildman–Crippen MR) is 126 cm³/mol. The fourth-order valence-corrected chi connectivity index (χ4v) is 4.69. The number of carbonyl (C=O) groups is 2. The number of carbonyl (C=O) groups excluding carboxylic acids is 2.